The predicted octanol–water partition coefficient (Wildman–Crippen LogP) is 2.29. The first kappa shape index (κ1) is 21.9. The molecule has 33 heavy (non-hydrogen) atoms. The zero-order valence-electron chi connectivity index (χ0n) is 18.2. The van der Waals surface area contributed by atoms with Crippen LogP contribution in [0.5, 0.6) is 0 Å². The van der Waals surface area contributed by atoms with Crippen molar-refractivity contribution in [3.63, 3.8) is 0 Å². The SMILES string of the molecule is CC1([C@H]2C[C@H](F)CN2C(=O)c2n[nH]c3ncnc(N[C@@H]4CCOC[C@H]4O)c23)C=C(F)C=CC1. The standard InChI is InChI=1S/C22H26F2N6O3/c1-22(5-2-3-12(23)8-22)16-7-13(24)9-30(16)21(32)18-17-19(25-11-26-20(17)29-28-18)27-14-4-6-33-10-15(14)31/h2-3,8,11,13-16,31H,4-7,9-10H2,1H3,(H2,25,26,27,28,29)/t13-,14+,15+,16+,22?/m0/s1. The van der Waals surface area contributed by atoms with E-state index in [1.165, 1.54) is 23.4 Å². The number of aliphatic hydroxyl groups excluding tert-OH is 1. The average Bonchev–Trinajstić information content (AvgIpc) is 3.40. The fourth-order valence-electron chi connectivity index (χ4n) is 5.04. The van der Waals surface area contributed by atoms with Gasteiger partial charge < -0.3 is 20.1 Å². The van der Waals surface area contributed by atoms with Crippen molar-refractivity contribution in [3.05, 3.63) is 36.1 Å². The normalized spacial score (nSPS) is 32.2. The van der Waals surface area contributed by atoms with Crippen LogP contribution < -0.4 is 5.32 Å². The van der Waals surface area contributed by atoms with E-state index >= 15 is 0 Å². The minimum Gasteiger partial charge on any atom is -0.389 e. The molecule has 0 saturated carbocycles. The zero-order chi connectivity index (χ0) is 23.2. The summed E-state index contributed by atoms with van der Waals surface area (Å²) in [7, 11) is 0. The summed E-state index contributed by atoms with van der Waals surface area (Å²) in [6, 6.07) is -0.841. The summed E-state index contributed by atoms with van der Waals surface area (Å²) in [4.78, 5) is 23.5. The van der Waals surface area contributed by atoms with Crippen molar-refractivity contribution < 1.29 is 23.4 Å². The Morgan fingerprint density at radius 2 is 2.27 bits per heavy atom. The molecule has 1 aliphatic carbocycles. The van der Waals surface area contributed by atoms with Crippen molar-refractivity contribution in [2.75, 3.05) is 25.1 Å². The number of hydrogen-bond acceptors (Lipinski definition) is 7. The number of allylic oxidation sites excluding steroid dienone is 3. The third-order valence-electron chi connectivity index (χ3n) is 6.78. The molecule has 5 rings (SSSR count). The topological polar surface area (TPSA) is 116 Å². The van der Waals surface area contributed by atoms with Gasteiger partial charge in [-0.15, -0.1) is 0 Å². The Bertz CT molecular complexity index is 1120. The molecule has 9 nitrogen and oxygen atoms in total. The van der Waals surface area contributed by atoms with Gasteiger partial charge in [0.05, 0.1) is 30.7 Å². The number of aromatic amines is 1. The van der Waals surface area contributed by atoms with E-state index in [1.807, 2.05) is 6.92 Å². The lowest BCUT2D eigenvalue weighted by Gasteiger charge is -2.38. The van der Waals surface area contributed by atoms with E-state index in [4.69, 9.17) is 4.74 Å². The fraction of sp³-hybridized carbons (Fsp3) is 0.545. The number of anilines is 1. The molecule has 5 atom stereocenters. The molecule has 11 heteroatoms. The molecule has 2 fully saturated rings. The molecule has 0 spiro atoms. The first-order chi connectivity index (χ1) is 15.9. The summed E-state index contributed by atoms with van der Waals surface area (Å²) in [5, 5.41) is 20.7. The summed E-state index contributed by atoms with van der Waals surface area (Å²) < 4.78 is 33.9. The van der Waals surface area contributed by atoms with Crippen LogP contribution in [0, 0.1) is 5.41 Å². The Morgan fingerprint density at radius 1 is 1.42 bits per heavy atom. The van der Waals surface area contributed by atoms with E-state index in [9.17, 15) is 18.7 Å². The van der Waals surface area contributed by atoms with Gasteiger partial charge in [0.1, 0.15) is 24.1 Å². The van der Waals surface area contributed by atoms with Gasteiger partial charge in [0.15, 0.2) is 11.3 Å². The lowest BCUT2D eigenvalue weighted by atomic mass is 9.75. The van der Waals surface area contributed by atoms with Crippen LogP contribution in [0.1, 0.15) is 36.7 Å². The van der Waals surface area contributed by atoms with Crippen LogP contribution in [0.2, 0.25) is 0 Å². The molecule has 1 amide bonds. The third-order valence-corrected chi connectivity index (χ3v) is 6.78. The quantitative estimate of drug-likeness (QED) is 0.641. The molecule has 2 aromatic heterocycles. The number of aromatic nitrogens is 4. The summed E-state index contributed by atoms with van der Waals surface area (Å²) in [5.41, 5.74) is -0.318. The number of aliphatic hydroxyl groups is 1. The van der Waals surface area contributed by atoms with Gasteiger partial charge in [0.2, 0.25) is 0 Å². The summed E-state index contributed by atoms with van der Waals surface area (Å²) >= 11 is 0. The van der Waals surface area contributed by atoms with Crippen molar-refractivity contribution in [1.82, 2.24) is 25.1 Å². The number of carbonyl (C=O) groups excluding carboxylic acids is 1. The lowest BCUT2D eigenvalue weighted by Crippen LogP contribution is -2.45. The number of likely N-dealkylation sites (tertiary alicyclic amines) is 1. The summed E-state index contributed by atoms with van der Waals surface area (Å²) in [5.74, 6) is -0.506. The highest BCUT2D eigenvalue weighted by Gasteiger charge is 2.46. The first-order valence-corrected chi connectivity index (χ1v) is 11.1. The molecule has 3 N–H and O–H groups in total. The lowest BCUT2D eigenvalue weighted by molar-refractivity contribution is -0.0135. The van der Waals surface area contributed by atoms with Crippen LogP contribution in [0.4, 0.5) is 14.6 Å². The molecule has 1 unspecified atom stereocenters. The van der Waals surface area contributed by atoms with Crippen molar-refractivity contribution in [2.45, 2.75) is 50.5 Å². The van der Waals surface area contributed by atoms with Crippen LogP contribution in [0.25, 0.3) is 11.0 Å². The number of hydrogen-bond donors (Lipinski definition) is 3. The van der Waals surface area contributed by atoms with Gasteiger partial charge in [-0.3, -0.25) is 9.89 Å². The molecule has 0 radical (unpaired) electrons. The number of nitrogens with one attached hydrogen (secondary N) is 2. The summed E-state index contributed by atoms with van der Waals surface area (Å²) in [6.07, 6.45) is 5.15. The predicted molar refractivity (Wildman–Crippen MR) is 116 cm³/mol. The monoisotopic (exact) mass is 460 g/mol. The van der Waals surface area contributed by atoms with Gasteiger partial charge in [-0.2, -0.15) is 5.10 Å². The number of H-pyrrole nitrogens is 1. The van der Waals surface area contributed by atoms with E-state index in [0.29, 0.717) is 36.3 Å². The fourth-order valence-corrected chi connectivity index (χ4v) is 5.04. The first-order valence-electron chi connectivity index (χ1n) is 11.1. The van der Waals surface area contributed by atoms with E-state index < -0.39 is 35.5 Å². The minimum absolute atomic E-state index is 0.0631. The second-order valence-electron chi connectivity index (χ2n) is 9.15. The number of rotatable bonds is 4. The molecule has 2 aliphatic heterocycles. The maximum Gasteiger partial charge on any atom is 0.275 e. The van der Waals surface area contributed by atoms with Crippen LogP contribution >= 0.6 is 0 Å². The zero-order valence-corrected chi connectivity index (χ0v) is 18.2. The molecule has 176 valence electrons. The van der Waals surface area contributed by atoms with Crippen molar-refractivity contribution >= 4 is 22.8 Å². The van der Waals surface area contributed by atoms with Crippen LogP contribution in [0.3, 0.4) is 0 Å². The highest BCUT2D eigenvalue weighted by molar-refractivity contribution is 6.07. The van der Waals surface area contributed by atoms with E-state index in [0.717, 1.165) is 0 Å². The third kappa shape index (κ3) is 3.99. The molecular weight excluding hydrogens is 434 g/mol. The smallest absolute Gasteiger partial charge is 0.275 e. The Labute approximate surface area is 188 Å². The van der Waals surface area contributed by atoms with Gasteiger partial charge >= 0.3 is 0 Å². The highest BCUT2D eigenvalue weighted by Crippen LogP contribution is 2.42. The Balaban J connectivity index is 1.48. The van der Waals surface area contributed by atoms with E-state index in [2.05, 4.69) is 25.5 Å². The average molecular weight is 460 g/mol. The molecule has 0 bridgehead atoms. The van der Waals surface area contributed by atoms with Crippen LogP contribution in [-0.2, 0) is 4.74 Å². The number of fused-ring (bicyclic) bond motifs is 1. The number of halogens is 2. The molecule has 2 saturated heterocycles. The maximum absolute atomic E-state index is 14.6. The summed E-state index contributed by atoms with van der Waals surface area (Å²) in [6.45, 7) is 2.43. The van der Waals surface area contributed by atoms with Crippen molar-refractivity contribution in [1.29, 1.82) is 0 Å². The Hall–Kier alpha value is -2.92. The van der Waals surface area contributed by atoms with Gasteiger partial charge in [-0.25, -0.2) is 18.7 Å². The van der Waals surface area contributed by atoms with E-state index in [-0.39, 0.29) is 31.3 Å². The number of nitrogens with zero attached hydrogens (tertiary/aromatic N) is 4. The maximum atomic E-state index is 14.6. The van der Waals surface area contributed by atoms with Gasteiger partial charge in [0, 0.05) is 24.5 Å². The van der Waals surface area contributed by atoms with Gasteiger partial charge in [0.25, 0.3) is 5.91 Å². The van der Waals surface area contributed by atoms with Crippen molar-refractivity contribution in [3.8, 4) is 0 Å². The minimum atomic E-state index is -1.21. The largest absolute Gasteiger partial charge is 0.389 e. The second-order valence-corrected chi connectivity index (χ2v) is 9.15. The molecule has 0 aromatic carbocycles. The molecule has 3 aliphatic rings. The highest BCUT2D eigenvalue weighted by atomic mass is 19.1. The number of alkyl halides is 1. The van der Waals surface area contributed by atoms with Crippen LogP contribution in [-0.4, -0.2) is 80.2 Å². The second kappa shape index (κ2) is 8.45. The van der Waals surface area contributed by atoms with Gasteiger partial charge in [-0.1, -0.05) is 13.0 Å². The number of carbonyl (C=O) groups is 1. The number of amides is 1. The number of ether oxygens (including phenoxy) is 1. The Kier molecular flexibility index (Phi) is 5.61. The van der Waals surface area contributed by atoms with E-state index in [1.54, 1.807) is 6.08 Å². The molecule has 2 aromatic rings. The molecular formula is C22H26F2N6O3. The molecule has 4 heterocycles. The Morgan fingerprint density at radius 3 is 3.06 bits per heavy atom. The van der Waals surface area contributed by atoms with Gasteiger partial charge in [-0.05, 0) is 25.0 Å². The van der Waals surface area contributed by atoms with Crippen molar-refractivity contribution in [2.24, 2.45) is 5.41 Å². The van der Waals surface area contributed by atoms with Crippen LogP contribution in [0.15, 0.2) is 30.4 Å².